The molecule has 9 heteroatoms. The fourth-order valence-corrected chi connectivity index (χ4v) is 2.74. The molecular formula is C11H14F3NO5. The van der Waals surface area contributed by atoms with Gasteiger partial charge >= 0.3 is 18.1 Å². The van der Waals surface area contributed by atoms with E-state index in [1.165, 1.54) is 7.11 Å². The molecule has 2 heterocycles. The van der Waals surface area contributed by atoms with Gasteiger partial charge in [0.05, 0.1) is 24.7 Å². The Labute approximate surface area is 112 Å². The molecule has 20 heavy (non-hydrogen) atoms. The van der Waals surface area contributed by atoms with Crippen molar-refractivity contribution in [1.29, 1.82) is 0 Å². The zero-order chi connectivity index (χ0) is 15.2. The molecule has 1 saturated carbocycles. The normalized spacial score (nSPS) is 32.5. The van der Waals surface area contributed by atoms with E-state index in [1.54, 1.807) is 0 Å². The molecule has 3 fully saturated rings. The maximum absolute atomic E-state index is 11.5. The van der Waals surface area contributed by atoms with Crippen molar-refractivity contribution in [1.82, 2.24) is 5.32 Å². The number of hydrogen-bond acceptors (Lipinski definition) is 5. The predicted octanol–water partition coefficient (Wildman–Crippen LogP) is 0.171. The second kappa shape index (κ2) is 4.59. The van der Waals surface area contributed by atoms with Crippen LogP contribution in [0.2, 0.25) is 0 Å². The Morgan fingerprint density at radius 2 is 1.95 bits per heavy atom. The minimum atomic E-state index is -5.08. The van der Waals surface area contributed by atoms with Crippen LogP contribution in [0.3, 0.4) is 0 Å². The van der Waals surface area contributed by atoms with Gasteiger partial charge in [-0.05, 0) is 6.42 Å². The molecule has 0 aromatic heterocycles. The van der Waals surface area contributed by atoms with Crippen LogP contribution < -0.4 is 5.32 Å². The maximum Gasteiger partial charge on any atom is 0.490 e. The first-order valence-electron chi connectivity index (χ1n) is 5.91. The molecular weight excluding hydrogens is 283 g/mol. The van der Waals surface area contributed by atoms with Crippen LogP contribution in [0.5, 0.6) is 0 Å². The minimum absolute atomic E-state index is 0.0197. The molecule has 6 nitrogen and oxygen atoms in total. The number of carboxylic acid groups (broad SMARTS) is 1. The van der Waals surface area contributed by atoms with Gasteiger partial charge in [0.15, 0.2) is 0 Å². The number of nitrogens with one attached hydrogen (secondary N) is 1. The van der Waals surface area contributed by atoms with E-state index in [0.717, 1.165) is 19.5 Å². The van der Waals surface area contributed by atoms with Gasteiger partial charge in [0.2, 0.25) is 0 Å². The minimum Gasteiger partial charge on any atom is -0.475 e. The SMILES string of the molecule is COC(=O)C12COC3(CNC3)C1C2.O=C(O)C(F)(F)F. The largest absolute Gasteiger partial charge is 0.490 e. The molecule has 1 aliphatic carbocycles. The number of carbonyl (C=O) groups is 2. The summed E-state index contributed by atoms with van der Waals surface area (Å²) in [6.45, 7) is 2.36. The van der Waals surface area contributed by atoms with E-state index in [1.807, 2.05) is 0 Å². The number of fused-ring (bicyclic) bond motifs is 2. The van der Waals surface area contributed by atoms with Gasteiger partial charge in [0.1, 0.15) is 0 Å². The van der Waals surface area contributed by atoms with E-state index in [4.69, 9.17) is 19.4 Å². The van der Waals surface area contributed by atoms with Crippen molar-refractivity contribution >= 4 is 11.9 Å². The molecule has 3 aliphatic rings. The number of esters is 1. The van der Waals surface area contributed by atoms with Crippen LogP contribution in [0, 0.1) is 11.3 Å². The molecule has 0 radical (unpaired) electrons. The van der Waals surface area contributed by atoms with Crippen LogP contribution in [0.4, 0.5) is 13.2 Å². The van der Waals surface area contributed by atoms with Crippen molar-refractivity contribution in [2.24, 2.45) is 11.3 Å². The van der Waals surface area contributed by atoms with Gasteiger partial charge < -0.3 is 19.9 Å². The summed E-state index contributed by atoms with van der Waals surface area (Å²) >= 11 is 0. The number of methoxy groups -OCH3 is 1. The van der Waals surface area contributed by atoms with Crippen LogP contribution in [-0.2, 0) is 19.1 Å². The molecule has 2 unspecified atom stereocenters. The average Bonchev–Trinajstić information content (AvgIpc) is 2.95. The third-order valence-corrected chi connectivity index (χ3v) is 4.01. The number of carbonyl (C=O) groups excluding carboxylic acids is 1. The van der Waals surface area contributed by atoms with Crippen LogP contribution in [0.1, 0.15) is 6.42 Å². The van der Waals surface area contributed by atoms with Crippen molar-refractivity contribution < 1.29 is 37.3 Å². The molecule has 0 amide bonds. The highest BCUT2D eigenvalue weighted by molar-refractivity contribution is 5.82. The monoisotopic (exact) mass is 297 g/mol. The van der Waals surface area contributed by atoms with Gasteiger partial charge in [0, 0.05) is 19.0 Å². The third kappa shape index (κ3) is 2.24. The van der Waals surface area contributed by atoms with Gasteiger partial charge in [-0.2, -0.15) is 13.2 Å². The molecule has 0 aromatic rings. The number of ether oxygens (including phenoxy) is 2. The molecule has 0 bridgehead atoms. The number of alkyl halides is 3. The summed E-state index contributed by atoms with van der Waals surface area (Å²) in [5.41, 5.74) is -0.287. The predicted molar refractivity (Wildman–Crippen MR) is 57.8 cm³/mol. The summed E-state index contributed by atoms with van der Waals surface area (Å²) in [6.07, 6.45) is -4.12. The van der Waals surface area contributed by atoms with E-state index >= 15 is 0 Å². The summed E-state index contributed by atoms with van der Waals surface area (Å²) in [7, 11) is 1.45. The van der Waals surface area contributed by atoms with Crippen molar-refractivity contribution in [3.05, 3.63) is 0 Å². The summed E-state index contributed by atoms with van der Waals surface area (Å²) in [5, 5.41) is 10.3. The highest BCUT2D eigenvalue weighted by Gasteiger charge is 2.75. The number of carboxylic acids is 1. The highest BCUT2D eigenvalue weighted by Crippen LogP contribution is 2.65. The van der Waals surface area contributed by atoms with Crippen LogP contribution in [0.25, 0.3) is 0 Å². The zero-order valence-electron chi connectivity index (χ0n) is 10.6. The number of halogens is 3. The Hall–Kier alpha value is -1.35. The molecule has 2 atom stereocenters. The van der Waals surface area contributed by atoms with Crippen molar-refractivity contribution in [3.63, 3.8) is 0 Å². The maximum atomic E-state index is 11.5. The van der Waals surface area contributed by atoms with E-state index in [2.05, 4.69) is 5.32 Å². The first kappa shape index (κ1) is 15.0. The van der Waals surface area contributed by atoms with Crippen molar-refractivity contribution in [2.75, 3.05) is 26.8 Å². The summed E-state index contributed by atoms with van der Waals surface area (Å²) in [6, 6.07) is 0. The van der Waals surface area contributed by atoms with Crippen molar-refractivity contribution in [3.8, 4) is 0 Å². The average molecular weight is 297 g/mol. The lowest BCUT2D eigenvalue weighted by atomic mass is 9.89. The fourth-order valence-electron chi connectivity index (χ4n) is 2.74. The van der Waals surface area contributed by atoms with E-state index in [-0.39, 0.29) is 17.0 Å². The van der Waals surface area contributed by atoms with E-state index in [0.29, 0.717) is 12.5 Å². The number of hydrogen-bond donors (Lipinski definition) is 2. The number of aliphatic carboxylic acids is 1. The lowest BCUT2D eigenvalue weighted by molar-refractivity contribution is -0.192. The molecule has 1 spiro atoms. The lowest BCUT2D eigenvalue weighted by Crippen LogP contribution is -2.61. The first-order valence-corrected chi connectivity index (χ1v) is 5.91. The topological polar surface area (TPSA) is 84.9 Å². The van der Waals surface area contributed by atoms with E-state index < -0.39 is 12.1 Å². The van der Waals surface area contributed by atoms with Crippen LogP contribution in [0.15, 0.2) is 0 Å². The Kier molecular flexibility index (Phi) is 3.45. The summed E-state index contributed by atoms with van der Waals surface area (Å²) in [4.78, 5) is 20.4. The van der Waals surface area contributed by atoms with Gasteiger partial charge in [-0.15, -0.1) is 0 Å². The summed E-state index contributed by atoms with van der Waals surface area (Å²) < 4.78 is 42.2. The third-order valence-electron chi connectivity index (χ3n) is 4.01. The van der Waals surface area contributed by atoms with Gasteiger partial charge in [-0.3, -0.25) is 4.79 Å². The Morgan fingerprint density at radius 3 is 2.20 bits per heavy atom. The molecule has 2 saturated heterocycles. The van der Waals surface area contributed by atoms with Gasteiger partial charge in [0.25, 0.3) is 0 Å². The second-order valence-electron chi connectivity index (χ2n) is 5.16. The molecule has 3 rings (SSSR count). The van der Waals surface area contributed by atoms with Crippen LogP contribution in [-0.4, -0.2) is 55.6 Å². The second-order valence-corrected chi connectivity index (χ2v) is 5.16. The molecule has 2 N–H and O–H groups in total. The lowest BCUT2D eigenvalue weighted by Gasteiger charge is -2.39. The first-order chi connectivity index (χ1) is 9.18. The van der Waals surface area contributed by atoms with Crippen molar-refractivity contribution in [2.45, 2.75) is 18.2 Å². The molecule has 0 aromatic carbocycles. The van der Waals surface area contributed by atoms with Crippen LogP contribution >= 0.6 is 0 Å². The number of rotatable bonds is 1. The Balaban J connectivity index is 0.000000182. The smallest absolute Gasteiger partial charge is 0.475 e. The standard InChI is InChI=1S/C9H13NO3.C2HF3O2/c1-12-7(11)8-2-6(8)9(13-5-8)3-10-4-9;3-2(4,5)1(6)7/h6,10H,2-5H2,1H3;(H,6,7). The Morgan fingerprint density at radius 1 is 1.40 bits per heavy atom. The fraction of sp³-hybridized carbons (Fsp3) is 0.818. The van der Waals surface area contributed by atoms with Gasteiger partial charge in [-0.1, -0.05) is 0 Å². The quantitative estimate of drug-likeness (QED) is 0.671. The Bertz CT molecular complexity index is 434. The van der Waals surface area contributed by atoms with E-state index in [9.17, 15) is 18.0 Å². The highest BCUT2D eigenvalue weighted by atomic mass is 19.4. The summed E-state index contributed by atoms with van der Waals surface area (Å²) in [5.74, 6) is -2.43. The molecule has 114 valence electrons. The van der Waals surface area contributed by atoms with Gasteiger partial charge in [-0.25, -0.2) is 4.79 Å². The zero-order valence-corrected chi connectivity index (χ0v) is 10.6. The molecule has 2 aliphatic heterocycles.